The zero-order valence-electron chi connectivity index (χ0n) is 13.3. The molecule has 2 saturated heterocycles. The number of nitrogens with zero attached hydrogens (tertiary/aromatic N) is 1. The van der Waals surface area contributed by atoms with Gasteiger partial charge in [0.2, 0.25) is 0 Å². The van der Waals surface area contributed by atoms with E-state index in [0.717, 1.165) is 32.8 Å². The SMILES string of the molecule is CC(C)(C)[Si](C)(C)OC[C@@H]1CN2CCNCC2CN1. The van der Waals surface area contributed by atoms with Crippen molar-refractivity contribution < 1.29 is 4.43 Å². The lowest BCUT2D eigenvalue weighted by Gasteiger charge is -2.44. The number of fused-ring (bicyclic) bond motifs is 1. The quantitative estimate of drug-likeness (QED) is 0.765. The normalized spacial score (nSPS) is 30.2. The fourth-order valence-corrected chi connectivity index (χ4v) is 3.58. The van der Waals surface area contributed by atoms with Crippen LogP contribution in [0.3, 0.4) is 0 Å². The highest BCUT2D eigenvalue weighted by Crippen LogP contribution is 2.36. The second-order valence-electron chi connectivity index (χ2n) is 7.53. The summed E-state index contributed by atoms with van der Waals surface area (Å²) in [4.78, 5) is 2.62. The number of rotatable bonds is 3. The minimum atomic E-state index is -1.60. The summed E-state index contributed by atoms with van der Waals surface area (Å²) in [5.74, 6) is 0. The zero-order valence-corrected chi connectivity index (χ0v) is 14.3. The van der Waals surface area contributed by atoms with Gasteiger partial charge in [-0.15, -0.1) is 0 Å². The molecule has 0 bridgehead atoms. The molecule has 0 saturated carbocycles. The molecule has 5 heteroatoms. The molecule has 4 nitrogen and oxygen atoms in total. The van der Waals surface area contributed by atoms with E-state index in [0.29, 0.717) is 17.1 Å². The predicted molar refractivity (Wildman–Crippen MR) is 83.2 cm³/mol. The van der Waals surface area contributed by atoms with E-state index in [9.17, 15) is 0 Å². The largest absolute Gasteiger partial charge is 0.415 e. The topological polar surface area (TPSA) is 36.5 Å². The van der Waals surface area contributed by atoms with E-state index in [-0.39, 0.29) is 0 Å². The molecule has 2 aliphatic heterocycles. The molecule has 112 valence electrons. The van der Waals surface area contributed by atoms with Crippen molar-refractivity contribution in [3.05, 3.63) is 0 Å². The molecule has 1 unspecified atom stereocenters. The Bertz CT molecular complexity index is 304. The monoisotopic (exact) mass is 285 g/mol. The second kappa shape index (κ2) is 5.82. The average molecular weight is 286 g/mol. The molecule has 0 aromatic heterocycles. The van der Waals surface area contributed by atoms with Gasteiger partial charge in [-0.05, 0) is 18.1 Å². The highest BCUT2D eigenvalue weighted by molar-refractivity contribution is 6.74. The number of piperazine rings is 2. The van der Waals surface area contributed by atoms with Crippen molar-refractivity contribution in [2.45, 2.75) is 51.0 Å². The van der Waals surface area contributed by atoms with Crippen LogP contribution in [-0.4, -0.2) is 64.6 Å². The summed E-state index contributed by atoms with van der Waals surface area (Å²) in [6.07, 6.45) is 0. The number of hydrogen-bond donors (Lipinski definition) is 2. The molecule has 0 radical (unpaired) electrons. The third-order valence-electron chi connectivity index (χ3n) is 5.02. The van der Waals surface area contributed by atoms with Crippen molar-refractivity contribution in [2.75, 3.05) is 39.3 Å². The van der Waals surface area contributed by atoms with Crippen LogP contribution >= 0.6 is 0 Å². The number of hydrogen-bond acceptors (Lipinski definition) is 4. The molecule has 0 aliphatic carbocycles. The summed E-state index contributed by atoms with van der Waals surface area (Å²) in [5.41, 5.74) is 0. The lowest BCUT2D eigenvalue weighted by molar-refractivity contribution is 0.0851. The fourth-order valence-electron chi connectivity index (χ4n) is 2.53. The Kier molecular flexibility index (Phi) is 4.73. The Hall–Kier alpha value is 0.0569. The van der Waals surface area contributed by atoms with Crippen LogP contribution in [0.15, 0.2) is 0 Å². The van der Waals surface area contributed by atoms with Crippen LogP contribution in [0, 0.1) is 0 Å². The summed E-state index contributed by atoms with van der Waals surface area (Å²) in [6, 6.07) is 1.18. The predicted octanol–water partition coefficient (Wildman–Crippen LogP) is 1.25. The molecule has 19 heavy (non-hydrogen) atoms. The summed E-state index contributed by atoms with van der Waals surface area (Å²) in [7, 11) is -1.60. The summed E-state index contributed by atoms with van der Waals surface area (Å²) in [5, 5.41) is 7.43. The standard InChI is InChI=1S/C14H31N3OSi/c1-14(2,3)19(4,5)18-11-12-10-17-7-6-15-8-13(17)9-16-12/h12-13,15-16H,6-11H2,1-5H3/t12-,13?/m0/s1. The van der Waals surface area contributed by atoms with E-state index in [1.54, 1.807) is 0 Å². The Morgan fingerprint density at radius 2 is 2.00 bits per heavy atom. The first-order valence-corrected chi connectivity index (χ1v) is 10.5. The van der Waals surface area contributed by atoms with Gasteiger partial charge in [0, 0.05) is 44.8 Å². The Labute approximate surface area is 119 Å². The van der Waals surface area contributed by atoms with Crippen molar-refractivity contribution in [1.82, 2.24) is 15.5 Å². The van der Waals surface area contributed by atoms with Crippen LogP contribution in [-0.2, 0) is 4.43 Å². The fraction of sp³-hybridized carbons (Fsp3) is 1.00. The molecule has 2 aliphatic rings. The molecule has 2 fully saturated rings. The van der Waals surface area contributed by atoms with Crippen molar-refractivity contribution in [3.63, 3.8) is 0 Å². The van der Waals surface area contributed by atoms with Crippen molar-refractivity contribution in [3.8, 4) is 0 Å². The van der Waals surface area contributed by atoms with Gasteiger partial charge in [0.05, 0.1) is 6.61 Å². The van der Waals surface area contributed by atoms with Gasteiger partial charge in [0.15, 0.2) is 8.32 Å². The Morgan fingerprint density at radius 3 is 2.68 bits per heavy atom. The van der Waals surface area contributed by atoms with E-state index >= 15 is 0 Å². The average Bonchev–Trinajstić information content (AvgIpc) is 2.35. The molecule has 2 heterocycles. The second-order valence-corrected chi connectivity index (χ2v) is 12.3. The molecule has 0 amide bonds. The third kappa shape index (κ3) is 3.79. The number of nitrogens with one attached hydrogen (secondary N) is 2. The molecule has 0 aromatic carbocycles. The van der Waals surface area contributed by atoms with E-state index in [1.807, 2.05) is 0 Å². The van der Waals surface area contributed by atoms with Crippen LogP contribution in [0.5, 0.6) is 0 Å². The van der Waals surface area contributed by atoms with Crippen LogP contribution in [0.4, 0.5) is 0 Å². The van der Waals surface area contributed by atoms with Gasteiger partial charge in [-0.1, -0.05) is 20.8 Å². The van der Waals surface area contributed by atoms with Crippen LogP contribution in [0.2, 0.25) is 18.1 Å². The highest BCUT2D eigenvalue weighted by atomic mass is 28.4. The van der Waals surface area contributed by atoms with E-state index in [1.165, 1.54) is 6.54 Å². The van der Waals surface area contributed by atoms with Crippen LogP contribution < -0.4 is 10.6 Å². The minimum Gasteiger partial charge on any atom is -0.415 e. The van der Waals surface area contributed by atoms with Gasteiger partial charge < -0.3 is 15.1 Å². The van der Waals surface area contributed by atoms with Crippen LogP contribution in [0.25, 0.3) is 0 Å². The molecular formula is C14H31N3OSi. The lowest BCUT2D eigenvalue weighted by Crippen LogP contribution is -2.64. The highest BCUT2D eigenvalue weighted by Gasteiger charge is 2.38. The molecule has 2 rings (SSSR count). The van der Waals surface area contributed by atoms with Gasteiger partial charge in [-0.3, -0.25) is 4.90 Å². The molecule has 2 atom stereocenters. The van der Waals surface area contributed by atoms with Crippen molar-refractivity contribution >= 4 is 8.32 Å². The van der Waals surface area contributed by atoms with Gasteiger partial charge in [-0.25, -0.2) is 0 Å². The maximum Gasteiger partial charge on any atom is 0.192 e. The third-order valence-corrected chi connectivity index (χ3v) is 9.52. The van der Waals surface area contributed by atoms with Gasteiger partial charge in [0.1, 0.15) is 0 Å². The minimum absolute atomic E-state index is 0.305. The van der Waals surface area contributed by atoms with E-state index in [2.05, 4.69) is 49.4 Å². The van der Waals surface area contributed by atoms with Gasteiger partial charge in [-0.2, -0.15) is 0 Å². The maximum absolute atomic E-state index is 6.35. The van der Waals surface area contributed by atoms with Gasteiger partial charge >= 0.3 is 0 Å². The smallest absolute Gasteiger partial charge is 0.192 e. The first-order chi connectivity index (χ1) is 8.79. The lowest BCUT2D eigenvalue weighted by atomic mass is 10.1. The van der Waals surface area contributed by atoms with Crippen molar-refractivity contribution in [1.29, 1.82) is 0 Å². The van der Waals surface area contributed by atoms with Crippen molar-refractivity contribution in [2.24, 2.45) is 0 Å². The Balaban J connectivity index is 1.81. The Morgan fingerprint density at radius 1 is 1.26 bits per heavy atom. The molecule has 2 N–H and O–H groups in total. The van der Waals surface area contributed by atoms with Gasteiger partial charge in [0.25, 0.3) is 0 Å². The molecule has 0 spiro atoms. The molecular weight excluding hydrogens is 254 g/mol. The van der Waals surface area contributed by atoms with E-state index in [4.69, 9.17) is 4.43 Å². The first-order valence-electron chi connectivity index (χ1n) is 7.62. The first kappa shape index (κ1) is 15.4. The summed E-state index contributed by atoms with van der Waals surface area (Å²) in [6.45, 7) is 18.1. The van der Waals surface area contributed by atoms with E-state index < -0.39 is 8.32 Å². The van der Waals surface area contributed by atoms with Crippen LogP contribution in [0.1, 0.15) is 20.8 Å². The zero-order chi connectivity index (χ0) is 14.1. The summed E-state index contributed by atoms with van der Waals surface area (Å²) < 4.78 is 6.35. The maximum atomic E-state index is 6.35. The summed E-state index contributed by atoms with van der Waals surface area (Å²) >= 11 is 0. The molecule has 0 aromatic rings.